The van der Waals surface area contributed by atoms with E-state index in [1.54, 1.807) is 0 Å². The molecule has 2 bridgehead atoms. The second kappa shape index (κ2) is 8.98. The van der Waals surface area contributed by atoms with E-state index in [1.165, 1.54) is 44.9 Å². The van der Waals surface area contributed by atoms with E-state index in [4.69, 9.17) is 9.78 Å². The predicted molar refractivity (Wildman–Crippen MR) is 93.0 cm³/mol. The minimum Gasteiger partial charge on any atom is -0.299 e. The number of ketones is 1. The molecule has 0 aromatic rings. The van der Waals surface area contributed by atoms with Gasteiger partial charge in [0.2, 0.25) is 0 Å². The van der Waals surface area contributed by atoms with E-state index < -0.39 is 5.60 Å². The van der Waals surface area contributed by atoms with Crippen molar-refractivity contribution in [3.05, 3.63) is 12.2 Å². The molecule has 0 spiro atoms. The van der Waals surface area contributed by atoms with Crippen LogP contribution in [0.25, 0.3) is 0 Å². The van der Waals surface area contributed by atoms with Gasteiger partial charge >= 0.3 is 0 Å². The van der Waals surface area contributed by atoms with Crippen molar-refractivity contribution in [3.8, 4) is 0 Å². The van der Waals surface area contributed by atoms with Crippen molar-refractivity contribution in [1.29, 1.82) is 0 Å². The van der Waals surface area contributed by atoms with Gasteiger partial charge in [0, 0.05) is 18.3 Å². The summed E-state index contributed by atoms with van der Waals surface area (Å²) in [7, 11) is 0. The number of hydrogen-bond acceptors (Lipinski definition) is 3. The monoisotopic (exact) mass is 322 g/mol. The van der Waals surface area contributed by atoms with Crippen LogP contribution in [0.2, 0.25) is 0 Å². The fraction of sp³-hybridized carbons (Fsp3) is 0.850. The summed E-state index contributed by atoms with van der Waals surface area (Å²) in [5, 5.41) is 0. The molecule has 0 N–H and O–H groups in total. The highest BCUT2D eigenvalue weighted by atomic mass is 17.2. The van der Waals surface area contributed by atoms with Crippen molar-refractivity contribution < 1.29 is 14.6 Å². The molecule has 3 heteroatoms. The van der Waals surface area contributed by atoms with Crippen molar-refractivity contribution in [2.24, 2.45) is 11.8 Å². The zero-order valence-electron chi connectivity index (χ0n) is 15.2. The van der Waals surface area contributed by atoms with Gasteiger partial charge in [0.25, 0.3) is 0 Å². The number of hydrogen-bond donors (Lipinski definition) is 0. The molecule has 132 valence electrons. The third-order valence-corrected chi connectivity index (χ3v) is 5.61. The second-order valence-corrected chi connectivity index (χ2v) is 7.61. The Morgan fingerprint density at radius 3 is 2.61 bits per heavy atom. The van der Waals surface area contributed by atoms with Gasteiger partial charge < -0.3 is 0 Å². The smallest absolute Gasteiger partial charge is 0.138 e. The Labute approximate surface area is 141 Å². The minimum atomic E-state index is -0.437. The summed E-state index contributed by atoms with van der Waals surface area (Å²) in [6.07, 6.45) is 16.3. The molecule has 23 heavy (non-hydrogen) atoms. The largest absolute Gasteiger partial charge is 0.299 e. The molecule has 2 rings (SSSR count). The summed E-state index contributed by atoms with van der Waals surface area (Å²) >= 11 is 0. The maximum absolute atomic E-state index is 12.1. The van der Waals surface area contributed by atoms with Gasteiger partial charge in [0.1, 0.15) is 17.5 Å². The summed E-state index contributed by atoms with van der Waals surface area (Å²) in [5.74, 6) is 0.559. The zero-order valence-corrected chi connectivity index (χ0v) is 15.2. The van der Waals surface area contributed by atoms with Gasteiger partial charge in [0.15, 0.2) is 0 Å². The van der Waals surface area contributed by atoms with Crippen molar-refractivity contribution in [3.63, 3.8) is 0 Å². The van der Waals surface area contributed by atoms with E-state index in [9.17, 15) is 4.79 Å². The number of rotatable bonds is 9. The summed E-state index contributed by atoms with van der Waals surface area (Å²) in [6, 6.07) is 0. The third-order valence-electron chi connectivity index (χ3n) is 5.61. The second-order valence-electron chi connectivity index (χ2n) is 7.61. The molecule has 4 atom stereocenters. The lowest BCUT2D eigenvalue weighted by Crippen LogP contribution is -2.52. The average molecular weight is 322 g/mol. The molecule has 3 nitrogen and oxygen atoms in total. The predicted octanol–water partition coefficient (Wildman–Crippen LogP) is 5.39. The summed E-state index contributed by atoms with van der Waals surface area (Å²) in [4.78, 5) is 23.3. The summed E-state index contributed by atoms with van der Waals surface area (Å²) in [5.41, 5.74) is -0.437. The highest BCUT2D eigenvalue weighted by Crippen LogP contribution is 2.42. The number of carbonyl (C=O) groups excluding carboxylic acids is 1. The van der Waals surface area contributed by atoms with Gasteiger partial charge in [0.05, 0.1) is 0 Å². The molecule has 0 aromatic heterocycles. The van der Waals surface area contributed by atoms with Crippen molar-refractivity contribution in [1.82, 2.24) is 0 Å². The molecule has 1 saturated heterocycles. The molecule has 2 aliphatic rings. The maximum Gasteiger partial charge on any atom is 0.138 e. The first-order valence-corrected chi connectivity index (χ1v) is 9.61. The van der Waals surface area contributed by atoms with Gasteiger partial charge in [-0.05, 0) is 26.2 Å². The van der Waals surface area contributed by atoms with Crippen LogP contribution in [0.1, 0.15) is 85.0 Å². The number of allylic oxidation sites excluding steroid dienone is 1. The summed E-state index contributed by atoms with van der Waals surface area (Å²) in [6.45, 7) is 6.26. The Balaban J connectivity index is 1.69. The Morgan fingerprint density at radius 2 is 1.87 bits per heavy atom. The fourth-order valence-electron chi connectivity index (χ4n) is 3.70. The quantitative estimate of drug-likeness (QED) is 0.324. The molecule has 0 unspecified atom stereocenters. The number of carbonyl (C=O) groups is 1. The number of unbranched alkanes of at least 4 members (excludes halogenated alkanes) is 7. The molecule has 2 fully saturated rings. The van der Waals surface area contributed by atoms with Crippen LogP contribution in [0, 0.1) is 11.8 Å². The molecule has 1 aliphatic heterocycles. The van der Waals surface area contributed by atoms with E-state index in [1.807, 2.05) is 6.92 Å². The molecule has 0 amide bonds. The molecule has 1 saturated carbocycles. The van der Waals surface area contributed by atoms with Gasteiger partial charge in [-0.1, -0.05) is 64.5 Å². The SMILES string of the molecule is CCCCCCCCC/C=C/[C@@]1(C)OO[C@H]2C[C@@H]1CC(=O)[C@H]2C. The van der Waals surface area contributed by atoms with E-state index in [-0.39, 0.29) is 17.9 Å². The van der Waals surface area contributed by atoms with Crippen LogP contribution < -0.4 is 0 Å². The Morgan fingerprint density at radius 1 is 1.17 bits per heavy atom. The minimum absolute atomic E-state index is 0.0208. The Hall–Kier alpha value is -0.670. The first-order chi connectivity index (χ1) is 11.1. The van der Waals surface area contributed by atoms with Crippen LogP contribution >= 0.6 is 0 Å². The topological polar surface area (TPSA) is 35.5 Å². The highest BCUT2D eigenvalue weighted by Gasteiger charge is 2.48. The van der Waals surface area contributed by atoms with Crippen LogP contribution in [-0.2, 0) is 14.6 Å². The highest BCUT2D eigenvalue weighted by molar-refractivity contribution is 5.82. The fourth-order valence-corrected chi connectivity index (χ4v) is 3.70. The van der Waals surface area contributed by atoms with Gasteiger partial charge in [-0.15, -0.1) is 0 Å². The van der Waals surface area contributed by atoms with E-state index in [0.29, 0.717) is 12.2 Å². The van der Waals surface area contributed by atoms with E-state index in [0.717, 1.165) is 12.8 Å². The van der Waals surface area contributed by atoms with Gasteiger partial charge in [-0.2, -0.15) is 0 Å². The molecule has 1 aliphatic carbocycles. The molecule has 1 heterocycles. The first kappa shape index (κ1) is 18.7. The lowest BCUT2D eigenvalue weighted by molar-refractivity contribution is -0.415. The van der Waals surface area contributed by atoms with E-state index >= 15 is 0 Å². The van der Waals surface area contributed by atoms with Gasteiger partial charge in [-0.3, -0.25) is 4.79 Å². The summed E-state index contributed by atoms with van der Waals surface area (Å²) < 4.78 is 0. The standard InChI is InChI=1S/C20H34O3/c1-4-5-6-7-8-9-10-11-12-13-20(3)17-14-18(21)16(2)19(15-17)22-23-20/h12-13,16-17,19H,4-11,14-15H2,1-3H3/b13-12+/t16-,17+,19+,20-/m1/s1. The zero-order chi connectivity index (χ0) is 16.7. The Kier molecular flexibility index (Phi) is 7.29. The van der Waals surface area contributed by atoms with Gasteiger partial charge in [-0.25, -0.2) is 9.78 Å². The number of Topliss-reactive ketones (excluding diaryl/α,β-unsaturated/α-hetero) is 1. The van der Waals surface area contributed by atoms with Crippen LogP contribution in [0.4, 0.5) is 0 Å². The number of fused-ring (bicyclic) bond motifs is 2. The molecule has 0 radical (unpaired) electrons. The van der Waals surface area contributed by atoms with Crippen LogP contribution in [0.3, 0.4) is 0 Å². The first-order valence-electron chi connectivity index (χ1n) is 9.61. The lowest BCUT2D eigenvalue weighted by Gasteiger charge is -2.45. The van der Waals surface area contributed by atoms with Crippen LogP contribution in [0.5, 0.6) is 0 Å². The van der Waals surface area contributed by atoms with Crippen LogP contribution in [0.15, 0.2) is 12.2 Å². The van der Waals surface area contributed by atoms with E-state index in [2.05, 4.69) is 26.0 Å². The van der Waals surface area contributed by atoms with Crippen molar-refractivity contribution >= 4 is 5.78 Å². The van der Waals surface area contributed by atoms with Crippen molar-refractivity contribution in [2.45, 2.75) is 96.7 Å². The Bertz CT molecular complexity index is 404. The lowest BCUT2D eigenvalue weighted by atomic mass is 9.71. The molecular weight excluding hydrogens is 288 g/mol. The molecular formula is C20H34O3. The average Bonchev–Trinajstić information content (AvgIpc) is 2.54. The normalized spacial score (nSPS) is 34.2. The third kappa shape index (κ3) is 5.15. The molecule has 0 aromatic carbocycles. The van der Waals surface area contributed by atoms with Crippen LogP contribution in [-0.4, -0.2) is 17.5 Å². The van der Waals surface area contributed by atoms with Crippen molar-refractivity contribution in [2.75, 3.05) is 0 Å². The maximum atomic E-state index is 12.1.